The molecule has 0 heterocycles. The molecule has 2 atom stereocenters. The van der Waals surface area contributed by atoms with E-state index >= 15 is 0 Å². The zero-order valence-corrected chi connectivity index (χ0v) is 24.7. The monoisotopic (exact) mass is 494 g/mol. The quantitative estimate of drug-likeness (QED) is 0.215. The Morgan fingerprint density at radius 2 is 1.28 bits per heavy atom. The molecular formula is C32H54N4. The average molecular weight is 495 g/mol. The minimum absolute atomic E-state index is 0.0365. The normalized spacial score (nSPS) is 12.6. The molecule has 0 amide bonds. The molecule has 202 valence electrons. The molecule has 0 aliphatic heterocycles. The Kier molecular flexibility index (Phi) is 31.5. The Morgan fingerprint density at radius 3 is 1.42 bits per heavy atom. The van der Waals surface area contributed by atoms with Crippen molar-refractivity contribution in [3.63, 3.8) is 0 Å². The maximum absolute atomic E-state index is 8.37. The van der Waals surface area contributed by atoms with Crippen molar-refractivity contribution in [2.45, 2.75) is 113 Å². The molecule has 4 nitrogen and oxygen atoms in total. The van der Waals surface area contributed by atoms with Crippen LogP contribution in [0.4, 0.5) is 0 Å². The lowest BCUT2D eigenvalue weighted by molar-refractivity contribution is 0.423. The summed E-state index contributed by atoms with van der Waals surface area (Å²) in [4.78, 5) is 0. The van der Waals surface area contributed by atoms with E-state index in [1.807, 2.05) is 13.0 Å². The van der Waals surface area contributed by atoms with Gasteiger partial charge in [0.15, 0.2) is 0 Å². The van der Waals surface area contributed by atoms with Crippen molar-refractivity contribution in [1.29, 1.82) is 15.8 Å². The van der Waals surface area contributed by atoms with Crippen LogP contribution in [0.15, 0.2) is 60.4 Å². The van der Waals surface area contributed by atoms with Gasteiger partial charge in [0.25, 0.3) is 0 Å². The van der Waals surface area contributed by atoms with E-state index in [1.165, 1.54) is 11.1 Å². The van der Waals surface area contributed by atoms with Crippen LogP contribution in [0.25, 0.3) is 0 Å². The second-order valence-electron chi connectivity index (χ2n) is 8.82. The third-order valence-corrected chi connectivity index (χ3v) is 5.91. The Labute approximate surface area is 224 Å². The lowest BCUT2D eigenvalue weighted by atomic mass is 9.85. The van der Waals surface area contributed by atoms with Gasteiger partial charge in [0.2, 0.25) is 0 Å². The van der Waals surface area contributed by atoms with Gasteiger partial charge in [-0.1, -0.05) is 97.9 Å². The molecule has 0 aromatic carbocycles. The Bertz CT molecular complexity index is 746. The molecule has 0 aromatic heterocycles. The van der Waals surface area contributed by atoms with Crippen LogP contribution in [0.2, 0.25) is 0 Å². The van der Waals surface area contributed by atoms with Gasteiger partial charge in [0.05, 0.1) is 31.0 Å². The van der Waals surface area contributed by atoms with Crippen LogP contribution in [0, 0.1) is 45.3 Å². The summed E-state index contributed by atoms with van der Waals surface area (Å²) >= 11 is 0. The molecule has 0 aromatic rings. The summed E-state index contributed by atoms with van der Waals surface area (Å²) in [7, 11) is 0. The Balaban J connectivity index is -0.000000190. The average Bonchev–Trinajstić information content (AvgIpc) is 2.88. The number of allylic oxidation sites excluding steroid dienone is 6. The number of hydrogen-bond donors (Lipinski definition) is 1. The molecule has 0 saturated heterocycles. The third-order valence-electron chi connectivity index (χ3n) is 5.91. The van der Waals surface area contributed by atoms with Crippen LogP contribution in [-0.4, -0.2) is 0 Å². The fraction of sp³-hybridized carbons (Fsp3) is 0.594. The first-order valence-corrected chi connectivity index (χ1v) is 13.2. The standard InChI is InChI=1S/C8H15N.3C8H13N/c1-5-6(2)7(3)8(4)9;1-4-8(3,5-2)6-7-9;2*1-3-5-8(4-2)6-7-9/h6H,3-5,9H2,1-2H3;4H,1,5-6H2,2-3H3;2*5H,3-4,6H2,1-2H3/b;;8-5+;8-5-. The molecular weight excluding hydrogens is 440 g/mol. The van der Waals surface area contributed by atoms with Gasteiger partial charge in [-0.25, -0.2) is 0 Å². The van der Waals surface area contributed by atoms with Gasteiger partial charge in [-0.2, -0.15) is 15.8 Å². The molecule has 0 spiro atoms. The van der Waals surface area contributed by atoms with E-state index in [9.17, 15) is 0 Å². The van der Waals surface area contributed by atoms with Crippen molar-refractivity contribution in [3.05, 3.63) is 60.4 Å². The predicted octanol–water partition coefficient (Wildman–Crippen LogP) is 9.86. The van der Waals surface area contributed by atoms with Crippen molar-refractivity contribution < 1.29 is 0 Å². The van der Waals surface area contributed by atoms with Crippen LogP contribution in [0.1, 0.15) is 113 Å². The molecule has 36 heavy (non-hydrogen) atoms. The van der Waals surface area contributed by atoms with E-state index in [0.717, 1.165) is 44.1 Å². The second-order valence-corrected chi connectivity index (χ2v) is 8.82. The van der Waals surface area contributed by atoms with Crippen LogP contribution in [0.5, 0.6) is 0 Å². The first-order chi connectivity index (χ1) is 17.0. The summed E-state index contributed by atoms with van der Waals surface area (Å²) in [5.41, 5.74) is 9.57. The fourth-order valence-corrected chi connectivity index (χ4v) is 2.55. The van der Waals surface area contributed by atoms with Crippen LogP contribution in [0.3, 0.4) is 0 Å². The number of hydrogen-bond acceptors (Lipinski definition) is 4. The summed E-state index contributed by atoms with van der Waals surface area (Å²) < 4.78 is 0. The first-order valence-electron chi connectivity index (χ1n) is 13.2. The molecule has 0 saturated carbocycles. The molecule has 2 unspecified atom stereocenters. The summed E-state index contributed by atoms with van der Waals surface area (Å²) in [6, 6.07) is 6.41. The van der Waals surface area contributed by atoms with Crippen LogP contribution in [-0.2, 0) is 0 Å². The second kappa shape index (κ2) is 28.2. The molecule has 4 heteroatoms. The maximum atomic E-state index is 8.37. The zero-order chi connectivity index (χ0) is 29.0. The van der Waals surface area contributed by atoms with E-state index in [4.69, 9.17) is 21.5 Å². The fourth-order valence-electron chi connectivity index (χ4n) is 2.55. The number of nitriles is 3. The third kappa shape index (κ3) is 25.6. The number of rotatable bonds is 12. The highest BCUT2D eigenvalue weighted by atomic mass is 14.6. The summed E-state index contributed by atoms with van der Waals surface area (Å²) in [5, 5.41) is 25.0. The van der Waals surface area contributed by atoms with Gasteiger partial charge in [0, 0.05) is 12.1 Å². The van der Waals surface area contributed by atoms with E-state index < -0.39 is 0 Å². The molecule has 0 bridgehead atoms. The first kappa shape index (κ1) is 40.2. The topological polar surface area (TPSA) is 97.4 Å². The van der Waals surface area contributed by atoms with Crippen molar-refractivity contribution in [2.75, 3.05) is 0 Å². The minimum atomic E-state index is 0.0365. The summed E-state index contributed by atoms with van der Waals surface area (Å²) in [6.45, 7) is 27.7. The van der Waals surface area contributed by atoms with Crippen molar-refractivity contribution in [2.24, 2.45) is 17.1 Å². The van der Waals surface area contributed by atoms with Crippen LogP contribution >= 0.6 is 0 Å². The van der Waals surface area contributed by atoms with Crippen molar-refractivity contribution in [3.8, 4) is 18.2 Å². The largest absolute Gasteiger partial charge is 0.399 e. The summed E-state index contributed by atoms with van der Waals surface area (Å²) in [6.07, 6.45) is 14.1. The minimum Gasteiger partial charge on any atom is -0.399 e. The van der Waals surface area contributed by atoms with E-state index in [0.29, 0.717) is 30.9 Å². The van der Waals surface area contributed by atoms with Gasteiger partial charge in [-0.15, -0.1) is 6.58 Å². The van der Waals surface area contributed by atoms with E-state index in [1.54, 1.807) is 0 Å². The Hall–Kier alpha value is -3.03. The number of nitrogens with two attached hydrogens (primary N) is 1. The van der Waals surface area contributed by atoms with Gasteiger partial charge in [-0.05, 0) is 55.4 Å². The molecule has 0 fully saturated rings. The smallest absolute Gasteiger partial charge is 0.0666 e. The van der Waals surface area contributed by atoms with Gasteiger partial charge >= 0.3 is 0 Å². The SMILES string of the molecule is C=C(N)C(=C)C(C)CC.C=CC(C)(CC)CC#N.CC/C=C(/CC)CC#N.CC/C=C(\CC)CC#N. The van der Waals surface area contributed by atoms with Gasteiger partial charge < -0.3 is 5.73 Å². The van der Waals surface area contributed by atoms with Crippen molar-refractivity contribution in [1.82, 2.24) is 0 Å². The van der Waals surface area contributed by atoms with Crippen molar-refractivity contribution >= 4 is 0 Å². The Morgan fingerprint density at radius 1 is 0.861 bits per heavy atom. The number of nitrogens with zero attached hydrogens (tertiary/aromatic N) is 3. The lowest BCUT2D eigenvalue weighted by Crippen LogP contribution is -2.09. The summed E-state index contributed by atoms with van der Waals surface area (Å²) in [5.74, 6) is 0.475. The predicted molar refractivity (Wildman–Crippen MR) is 159 cm³/mol. The molecule has 0 aliphatic carbocycles. The zero-order valence-electron chi connectivity index (χ0n) is 24.7. The van der Waals surface area contributed by atoms with E-state index in [-0.39, 0.29) is 5.41 Å². The highest BCUT2D eigenvalue weighted by Gasteiger charge is 2.15. The molecule has 0 aliphatic rings. The van der Waals surface area contributed by atoms with E-state index in [2.05, 4.69) is 98.6 Å². The van der Waals surface area contributed by atoms with Gasteiger partial charge in [0.1, 0.15) is 0 Å². The van der Waals surface area contributed by atoms with Crippen LogP contribution < -0.4 is 5.73 Å². The highest BCUT2D eigenvalue weighted by molar-refractivity contribution is 5.23. The maximum Gasteiger partial charge on any atom is 0.0666 e. The van der Waals surface area contributed by atoms with Gasteiger partial charge in [-0.3, -0.25) is 0 Å². The molecule has 2 N–H and O–H groups in total. The highest BCUT2D eigenvalue weighted by Crippen LogP contribution is 2.25. The lowest BCUT2D eigenvalue weighted by Gasteiger charge is -2.18. The molecule has 0 rings (SSSR count). The molecule has 0 radical (unpaired) electrons.